The number of anilines is 2. The fraction of sp³-hybridized carbons (Fsp3) is 0.476. The van der Waals surface area contributed by atoms with Gasteiger partial charge in [-0.25, -0.2) is 9.69 Å². The van der Waals surface area contributed by atoms with Gasteiger partial charge in [0.15, 0.2) is 0 Å². The van der Waals surface area contributed by atoms with E-state index in [-0.39, 0.29) is 41.0 Å². The Morgan fingerprint density at radius 3 is 2.14 bits per heavy atom. The van der Waals surface area contributed by atoms with Crippen LogP contribution in [-0.2, 0) is 14.3 Å². The van der Waals surface area contributed by atoms with E-state index in [1.807, 2.05) is 4.90 Å². The van der Waals surface area contributed by atoms with Crippen LogP contribution in [0, 0.1) is 23.7 Å². The van der Waals surface area contributed by atoms with Crippen molar-refractivity contribution >= 4 is 29.2 Å². The minimum Gasteiger partial charge on any atom is -0.478 e. The van der Waals surface area contributed by atoms with Crippen LogP contribution in [0.3, 0.4) is 0 Å². The number of carbonyl (C=O) groups is 3. The molecule has 28 heavy (non-hydrogen) atoms. The highest BCUT2D eigenvalue weighted by molar-refractivity contribution is 6.23. The molecule has 2 heterocycles. The normalized spacial score (nSPS) is 31.4. The van der Waals surface area contributed by atoms with Gasteiger partial charge in [0.1, 0.15) is 0 Å². The molecule has 2 amide bonds. The first-order chi connectivity index (χ1) is 13.6. The van der Waals surface area contributed by atoms with Gasteiger partial charge in [-0.05, 0) is 42.9 Å². The van der Waals surface area contributed by atoms with Crippen LogP contribution < -0.4 is 9.80 Å². The van der Waals surface area contributed by atoms with Crippen molar-refractivity contribution in [3.05, 3.63) is 35.9 Å². The average molecular weight is 382 g/mol. The smallest absolute Gasteiger partial charge is 0.337 e. The molecule has 1 aromatic rings. The number of allylic oxidation sites excluding steroid dienone is 2. The molecule has 6 rings (SSSR count). The van der Waals surface area contributed by atoms with Crippen LogP contribution in [0.1, 0.15) is 23.2 Å². The molecule has 7 heteroatoms. The summed E-state index contributed by atoms with van der Waals surface area (Å²) in [5.74, 6) is -1.83. The van der Waals surface area contributed by atoms with Gasteiger partial charge in [0.05, 0.1) is 42.0 Å². The number of ether oxygens (including phenoxy) is 1. The fourth-order valence-corrected chi connectivity index (χ4v) is 5.24. The first kappa shape index (κ1) is 17.4. The third-order valence-electron chi connectivity index (χ3n) is 6.58. The van der Waals surface area contributed by atoms with Crippen LogP contribution in [-0.4, -0.2) is 49.2 Å². The Kier molecular flexibility index (Phi) is 4.01. The van der Waals surface area contributed by atoms with Crippen molar-refractivity contribution in [1.82, 2.24) is 0 Å². The second kappa shape index (κ2) is 6.44. The highest BCUT2D eigenvalue weighted by atomic mass is 16.5. The molecule has 1 N–H and O–H groups in total. The van der Waals surface area contributed by atoms with Crippen LogP contribution >= 0.6 is 0 Å². The molecular weight excluding hydrogens is 360 g/mol. The van der Waals surface area contributed by atoms with E-state index in [0.29, 0.717) is 37.7 Å². The van der Waals surface area contributed by atoms with Gasteiger partial charge < -0.3 is 14.7 Å². The zero-order valence-corrected chi connectivity index (χ0v) is 15.4. The van der Waals surface area contributed by atoms with Crippen molar-refractivity contribution < 1.29 is 24.2 Å². The molecule has 4 atom stereocenters. The monoisotopic (exact) mass is 382 g/mol. The van der Waals surface area contributed by atoms with E-state index in [1.54, 1.807) is 12.1 Å². The second-order valence-corrected chi connectivity index (χ2v) is 7.96. The molecule has 2 saturated heterocycles. The third-order valence-corrected chi connectivity index (χ3v) is 6.58. The Hall–Kier alpha value is -2.67. The first-order valence-corrected chi connectivity index (χ1v) is 9.82. The van der Waals surface area contributed by atoms with Crippen molar-refractivity contribution in [2.24, 2.45) is 23.7 Å². The Morgan fingerprint density at radius 1 is 1.00 bits per heavy atom. The van der Waals surface area contributed by atoms with Crippen molar-refractivity contribution in [2.75, 3.05) is 36.1 Å². The average Bonchev–Trinajstić information content (AvgIpc) is 3.02. The van der Waals surface area contributed by atoms with Crippen LogP contribution in [0.15, 0.2) is 30.4 Å². The van der Waals surface area contributed by atoms with Gasteiger partial charge in [-0.2, -0.15) is 0 Å². The number of carbonyl (C=O) groups excluding carboxylic acids is 2. The molecule has 3 fully saturated rings. The SMILES string of the molecule is O=C(O)c1cc(N2C(=O)C3C4C=CC(CC4)C3C2=O)ccc1N1CCOCC1. The summed E-state index contributed by atoms with van der Waals surface area (Å²) in [7, 11) is 0. The number of morpholine rings is 1. The Morgan fingerprint density at radius 2 is 1.61 bits per heavy atom. The second-order valence-electron chi connectivity index (χ2n) is 7.96. The van der Waals surface area contributed by atoms with Crippen LogP contribution in [0.4, 0.5) is 11.4 Å². The predicted octanol–water partition coefficient (Wildman–Crippen LogP) is 1.92. The van der Waals surface area contributed by atoms with Crippen molar-refractivity contribution in [1.29, 1.82) is 0 Å². The largest absolute Gasteiger partial charge is 0.478 e. The molecule has 146 valence electrons. The molecule has 5 aliphatic rings. The standard InChI is InChI=1S/C21H22N2O5/c24-19-17-12-1-2-13(4-3-12)18(17)20(25)23(19)14-5-6-16(15(11-14)21(26)27)22-7-9-28-10-8-22/h1-2,5-6,11-13,17-18H,3-4,7-10H2,(H,26,27). The Bertz CT molecular complexity index is 857. The number of carboxylic acids is 1. The Labute approximate surface area is 162 Å². The lowest BCUT2D eigenvalue weighted by atomic mass is 9.63. The van der Waals surface area contributed by atoms with E-state index >= 15 is 0 Å². The number of nitrogens with zero attached hydrogens (tertiary/aromatic N) is 2. The van der Waals surface area contributed by atoms with Crippen molar-refractivity contribution in [2.45, 2.75) is 12.8 Å². The van der Waals surface area contributed by atoms with E-state index < -0.39 is 5.97 Å². The highest BCUT2D eigenvalue weighted by Gasteiger charge is 2.56. The maximum Gasteiger partial charge on any atom is 0.337 e. The van der Waals surface area contributed by atoms with Gasteiger partial charge >= 0.3 is 5.97 Å². The highest BCUT2D eigenvalue weighted by Crippen LogP contribution is 2.50. The lowest BCUT2D eigenvalue weighted by molar-refractivity contribution is -0.124. The molecular formula is C21H22N2O5. The molecule has 7 nitrogen and oxygen atoms in total. The predicted molar refractivity (Wildman–Crippen MR) is 101 cm³/mol. The summed E-state index contributed by atoms with van der Waals surface area (Å²) in [5.41, 5.74) is 1.06. The lowest BCUT2D eigenvalue weighted by Crippen LogP contribution is -2.38. The minimum absolute atomic E-state index is 0.107. The first-order valence-electron chi connectivity index (χ1n) is 9.82. The van der Waals surface area contributed by atoms with Gasteiger partial charge in [0.25, 0.3) is 0 Å². The van der Waals surface area contributed by atoms with E-state index in [4.69, 9.17) is 4.74 Å². The number of aromatic carboxylic acids is 1. The fourth-order valence-electron chi connectivity index (χ4n) is 5.24. The number of hydrogen-bond donors (Lipinski definition) is 1. The molecule has 2 aliphatic heterocycles. The minimum atomic E-state index is -1.07. The molecule has 3 aliphatic carbocycles. The van der Waals surface area contributed by atoms with Crippen molar-refractivity contribution in [3.8, 4) is 0 Å². The van der Waals surface area contributed by atoms with E-state index in [9.17, 15) is 19.5 Å². The lowest BCUT2D eigenvalue weighted by Gasteiger charge is -2.38. The van der Waals surface area contributed by atoms with Crippen molar-refractivity contribution in [3.63, 3.8) is 0 Å². The molecule has 0 radical (unpaired) electrons. The summed E-state index contributed by atoms with van der Waals surface area (Å²) >= 11 is 0. The number of fused-ring (bicyclic) bond motifs is 1. The van der Waals surface area contributed by atoms with Crippen LogP contribution in [0.5, 0.6) is 0 Å². The Balaban J connectivity index is 1.51. The third kappa shape index (κ3) is 2.49. The zero-order chi connectivity index (χ0) is 19.4. The summed E-state index contributed by atoms with van der Waals surface area (Å²) in [4.78, 5) is 41.3. The number of rotatable bonds is 3. The van der Waals surface area contributed by atoms with Crippen LogP contribution in [0.2, 0.25) is 0 Å². The van der Waals surface area contributed by atoms with E-state index in [1.165, 1.54) is 11.0 Å². The molecule has 2 bridgehead atoms. The van der Waals surface area contributed by atoms with Gasteiger partial charge in [0.2, 0.25) is 11.8 Å². The summed E-state index contributed by atoms with van der Waals surface area (Å²) < 4.78 is 5.34. The van der Waals surface area contributed by atoms with E-state index in [0.717, 1.165) is 12.8 Å². The molecule has 1 aromatic carbocycles. The number of imide groups is 1. The molecule has 4 unspecified atom stereocenters. The van der Waals surface area contributed by atoms with E-state index in [2.05, 4.69) is 12.2 Å². The quantitative estimate of drug-likeness (QED) is 0.635. The molecule has 0 spiro atoms. The maximum absolute atomic E-state index is 13.1. The molecule has 1 saturated carbocycles. The summed E-state index contributed by atoms with van der Waals surface area (Å²) in [6.07, 6.45) is 6.03. The number of carboxylic acid groups (broad SMARTS) is 1. The topological polar surface area (TPSA) is 87.2 Å². The number of hydrogen-bond acceptors (Lipinski definition) is 5. The van der Waals surface area contributed by atoms with Gasteiger partial charge in [-0.3, -0.25) is 9.59 Å². The maximum atomic E-state index is 13.1. The zero-order valence-electron chi connectivity index (χ0n) is 15.4. The van der Waals surface area contributed by atoms with Crippen LogP contribution in [0.25, 0.3) is 0 Å². The number of amides is 2. The molecule has 0 aromatic heterocycles. The summed E-state index contributed by atoms with van der Waals surface area (Å²) in [6, 6.07) is 4.87. The summed E-state index contributed by atoms with van der Waals surface area (Å²) in [5, 5.41) is 9.74. The van der Waals surface area contributed by atoms with Gasteiger partial charge in [-0.1, -0.05) is 12.2 Å². The number of benzene rings is 1. The van der Waals surface area contributed by atoms with Gasteiger partial charge in [-0.15, -0.1) is 0 Å². The van der Waals surface area contributed by atoms with Gasteiger partial charge in [0, 0.05) is 13.1 Å². The summed E-state index contributed by atoms with van der Waals surface area (Å²) in [6.45, 7) is 2.31.